The van der Waals surface area contributed by atoms with Gasteiger partial charge in [0.2, 0.25) is 0 Å². The van der Waals surface area contributed by atoms with Crippen LogP contribution < -0.4 is 10.1 Å². The van der Waals surface area contributed by atoms with E-state index in [1.54, 1.807) is 0 Å². The van der Waals surface area contributed by atoms with Gasteiger partial charge >= 0.3 is 0 Å². The molecule has 0 saturated heterocycles. The molecule has 2 rings (SSSR count). The molecule has 0 aliphatic heterocycles. The standard InChI is InChI=1S/C20H25NO2/c1-5-18(23-19-13-9-10-14(2)15(19)3)20(22)21-16(4)17-11-7-6-8-12-17/h6-13,16,18H,5H2,1-4H3,(H,21,22)/t16-,18+/m1/s1. The van der Waals surface area contributed by atoms with Gasteiger partial charge in [0.15, 0.2) is 6.10 Å². The van der Waals surface area contributed by atoms with Crippen LogP contribution in [0.15, 0.2) is 48.5 Å². The number of nitrogens with one attached hydrogen (secondary N) is 1. The molecule has 2 aromatic rings. The van der Waals surface area contributed by atoms with E-state index in [-0.39, 0.29) is 11.9 Å². The van der Waals surface area contributed by atoms with E-state index in [1.165, 1.54) is 0 Å². The highest BCUT2D eigenvalue weighted by Crippen LogP contribution is 2.23. The lowest BCUT2D eigenvalue weighted by Crippen LogP contribution is -2.39. The number of carbonyl (C=O) groups is 1. The van der Waals surface area contributed by atoms with Gasteiger partial charge in [-0.1, -0.05) is 49.4 Å². The van der Waals surface area contributed by atoms with E-state index in [4.69, 9.17) is 4.74 Å². The summed E-state index contributed by atoms with van der Waals surface area (Å²) in [5.41, 5.74) is 3.33. The average molecular weight is 311 g/mol. The second-order valence-electron chi connectivity index (χ2n) is 5.85. The number of carbonyl (C=O) groups excluding carboxylic acids is 1. The van der Waals surface area contributed by atoms with Gasteiger partial charge in [-0.2, -0.15) is 0 Å². The Morgan fingerprint density at radius 2 is 1.78 bits per heavy atom. The topological polar surface area (TPSA) is 38.3 Å². The van der Waals surface area contributed by atoms with E-state index < -0.39 is 6.10 Å². The lowest BCUT2D eigenvalue weighted by atomic mass is 10.1. The van der Waals surface area contributed by atoms with Gasteiger partial charge < -0.3 is 10.1 Å². The van der Waals surface area contributed by atoms with Crippen LogP contribution >= 0.6 is 0 Å². The summed E-state index contributed by atoms with van der Waals surface area (Å²) in [6.07, 6.45) is 0.141. The molecule has 0 radical (unpaired) electrons. The van der Waals surface area contributed by atoms with Crippen LogP contribution in [0.2, 0.25) is 0 Å². The number of hydrogen-bond donors (Lipinski definition) is 1. The monoisotopic (exact) mass is 311 g/mol. The number of aryl methyl sites for hydroxylation is 1. The van der Waals surface area contributed by atoms with Gasteiger partial charge in [-0.25, -0.2) is 0 Å². The van der Waals surface area contributed by atoms with Crippen molar-refractivity contribution in [1.82, 2.24) is 5.32 Å². The fourth-order valence-electron chi connectivity index (χ4n) is 2.46. The zero-order valence-electron chi connectivity index (χ0n) is 14.3. The Hall–Kier alpha value is -2.29. The first kappa shape index (κ1) is 17.1. The smallest absolute Gasteiger partial charge is 0.261 e. The van der Waals surface area contributed by atoms with E-state index in [9.17, 15) is 4.79 Å². The highest BCUT2D eigenvalue weighted by atomic mass is 16.5. The van der Waals surface area contributed by atoms with Gasteiger partial charge in [-0.05, 0) is 49.9 Å². The molecule has 0 aliphatic rings. The van der Waals surface area contributed by atoms with Crippen molar-refractivity contribution >= 4 is 5.91 Å². The molecule has 0 saturated carbocycles. The fourth-order valence-corrected chi connectivity index (χ4v) is 2.46. The molecule has 1 N–H and O–H groups in total. The van der Waals surface area contributed by atoms with Crippen molar-refractivity contribution in [3.63, 3.8) is 0 Å². The largest absolute Gasteiger partial charge is 0.480 e. The minimum atomic E-state index is -0.485. The van der Waals surface area contributed by atoms with Crippen LogP contribution in [0, 0.1) is 13.8 Å². The summed E-state index contributed by atoms with van der Waals surface area (Å²) in [6, 6.07) is 15.8. The van der Waals surface area contributed by atoms with Crippen molar-refractivity contribution in [2.45, 2.75) is 46.3 Å². The normalized spacial score (nSPS) is 13.2. The predicted molar refractivity (Wildman–Crippen MR) is 93.6 cm³/mol. The summed E-state index contributed by atoms with van der Waals surface area (Å²) in [6.45, 7) is 8.00. The first-order chi connectivity index (χ1) is 11.0. The average Bonchev–Trinajstić information content (AvgIpc) is 2.56. The molecule has 3 nitrogen and oxygen atoms in total. The minimum Gasteiger partial charge on any atom is -0.480 e. The van der Waals surface area contributed by atoms with Crippen molar-refractivity contribution in [1.29, 1.82) is 0 Å². The molecule has 0 fully saturated rings. The van der Waals surface area contributed by atoms with Crippen molar-refractivity contribution < 1.29 is 9.53 Å². The highest BCUT2D eigenvalue weighted by molar-refractivity contribution is 5.81. The van der Waals surface area contributed by atoms with Gasteiger partial charge in [0.25, 0.3) is 5.91 Å². The molecule has 0 aliphatic carbocycles. The molecule has 122 valence electrons. The molecule has 2 atom stereocenters. The summed E-state index contributed by atoms with van der Waals surface area (Å²) < 4.78 is 5.96. The molecule has 2 aromatic carbocycles. The Morgan fingerprint density at radius 1 is 1.09 bits per heavy atom. The van der Waals surface area contributed by atoms with Crippen LogP contribution in [0.25, 0.3) is 0 Å². The third-order valence-corrected chi connectivity index (χ3v) is 4.15. The zero-order chi connectivity index (χ0) is 16.8. The second kappa shape index (κ2) is 7.82. The molecule has 1 amide bonds. The third-order valence-electron chi connectivity index (χ3n) is 4.15. The van der Waals surface area contributed by atoms with Gasteiger partial charge in [-0.15, -0.1) is 0 Å². The Labute approximate surface area is 138 Å². The van der Waals surface area contributed by atoms with Crippen molar-refractivity contribution in [3.8, 4) is 5.75 Å². The number of rotatable bonds is 6. The van der Waals surface area contributed by atoms with Crippen LogP contribution in [0.5, 0.6) is 5.75 Å². The Balaban J connectivity index is 2.05. The lowest BCUT2D eigenvalue weighted by Gasteiger charge is -2.22. The molecule has 0 aromatic heterocycles. The van der Waals surface area contributed by atoms with Crippen LogP contribution in [-0.2, 0) is 4.79 Å². The van der Waals surface area contributed by atoms with E-state index in [1.807, 2.05) is 76.2 Å². The summed E-state index contributed by atoms with van der Waals surface area (Å²) in [7, 11) is 0. The molecular formula is C20H25NO2. The third kappa shape index (κ3) is 4.35. The second-order valence-corrected chi connectivity index (χ2v) is 5.85. The highest BCUT2D eigenvalue weighted by Gasteiger charge is 2.21. The summed E-state index contributed by atoms with van der Waals surface area (Å²) in [5, 5.41) is 3.04. The first-order valence-electron chi connectivity index (χ1n) is 8.11. The first-order valence-corrected chi connectivity index (χ1v) is 8.11. The predicted octanol–water partition coefficient (Wildman–Crippen LogP) is 4.34. The summed E-state index contributed by atoms with van der Waals surface area (Å²) in [5.74, 6) is 0.698. The number of ether oxygens (including phenoxy) is 1. The zero-order valence-corrected chi connectivity index (χ0v) is 14.3. The Morgan fingerprint density at radius 3 is 2.43 bits per heavy atom. The quantitative estimate of drug-likeness (QED) is 0.862. The van der Waals surface area contributed by atoms with Crippen molar-refractivity contribution in [3.05, 3.63) is 65.2 Å². The van der Waals surface area contributed by atoms with E-state index in [0.717, 1.165) is 22.4 Å². The molecule has 3 heteroatoms. The van der Waals surface area contributed by atoms with Crippen LogP contribution in [-0.4, -0.2) is 12.0 Å². The summed E-state index contributed by atoms with van der Waals surface area (Å²) in [4.78, 5) is 12.5. The van der Waals surface area contributed by atoms with Crippen molar-refractivity contribution in [2.24, 2.45) is 0 Å². The maximum absolute atomic E-state index is 12.5. The molecule has 0 unspecified atom stereocenters. The van der Waals surface area contributed by atoms with E-state index in [2.05, 4.69) is 5.32 Å². The number of hydrogen-bond acceptors (Lipinski definition) is 2. The molecule has 23 heavy (non-hydrogen) atoms. The van der Waals surface area contributed by atoms with Crippen molar-refractivity contribution in [2.75, 3.05) is 0 Å². The number of amides is 1. The Bertz CT molecular complexity index is 652. The van der Waals surface area contributed by atoms with E-state index >= 15 is 0 Å². The molecular weight excluding hydrogens is 286 g/mol. The molecule has 0 bridgehead atoms. The van der Waals surface area contributed by atoms with Gasteiger partial charge in [-0.3, -0.25) is 4.79 Å². The Kier molecular flexibility index (Phi) is 5.80. The maximum atomic E-state index is 12.5. The lowest BCUT2D eigenvalue weighted by molar-refractivity contribution is -0.128. The minimum absolute atomic E-state index is 0.0417. The number of benzene rings is 2. The van der Waals surface area contributed by atoms with Gasteiger partial charge in [0.05, 0.1) is 6.04 Å². The SMILES string of the molecule is CC[C@H](Oc1cccc(C)c1C)C(=O)N[C@H](C)c1ccccc1. The molecule has 0 heterocycles. The summed E-state index contributed by atoms with van der Waals surface area (Å²) >= 11 is 0. The maximum Gasteiger partial charge on any atom is 0.261 e. The fraction of sp³-hybridized carbons (Fsp3) is 0.350. The van der Waals surface area contributed by atoms with Gasteiger partial charge in [0, 0.05) is 0 Å². The molecule has 0 spiro atoms. The van der Waals surface area contributed by atoms with E-state index in [0.29, 0.717) is 6.42 Å². The van der Waals surface area contributed by atoms with Crippen LogP contribution in [0.4, 0.5) is 0 Å². The van der Waals surface area contributed by atoms with Crippen LogP contribution in [0.3, 0.4) is 0 Å². The van der Waals surface area contributed by atoms with Crippen LogP contribution in [0.1, 0.15) is 43.0 Å². The van der Waals surface area contributed by atoms with Gasteiger partial charge in [0.1, 0.15) is 5.75 Å².